The molecule has 0 radical (unpaired) electrons. The highest BCUT2D eigenvalue weighted by Gasteiger charge is 2.15. The highest BCUT2D eigenvalue weighted by molar-refractivity contribution is 5.95. The van der Waals surface area contributed by atoms with Crippen molar-refractivity contribution in [2.45, 2.75) is 20.3 Å². The number of hydrogen-bond acceptors (Lipinski definition) is 4. The molecular weight excluding hydrogens is 244 g/mol. The van der Waals surface area contributed by atoms with Gasteiger partial charge in [0.25, 0.3) is 0 Å². The van der Waals surface area contributed by atoms with Crippen LogP contribution < -0.4 is 5.32 Å². The lowest BCUT2D eigenvalue weighted by Crippen LogP contribution is -2.20. The second-order valence-electron chi connectivity index (χ2n) is 3.88. The van der Waals surface area contributed by atoms with Crippen molar-refractivity contribution >= 4 is 17.6 Å². The van der Waals surface area contributed by atoms with E-state index in [0.29, 0.717) is 24.3 Å². The standard InChI is InChI=1S/C14H16N2O3/c1-3-10(9-15)13(17)16-12-7-5-11(6-8-12)14(18)19-4-2/h5-8,10H,3-4H2,1-2H3,(H,16,17). The van der Waals surface area contributed by atoms with Crippen LogP contribution in [0.2, 0.25) is 0 Å². The van der Waals surface area contributed by atoms with E-state index in [2.05, 4.69) is 5.32 Å². The van der Waals surface area contributed by atoms with Gasteiger partial charge in [0.05, 0.1) is 18.2 Å². The molecule has 1 aromatic carbocycles. The Kier molecular flexibility index (Phi) is 5.55. The summed E-state index contributed by atoms with van der Waals surface area (Å²) in [6.45, 7) is 3.83. The number of carbonyl (C=O) groups is 2. The first-order valence-corrected chi connectivity index (χ1v) is 6.10. The van der Waals surface area contributed by atoms with Crippen LogP contribution in [0.15, 0.2) is 24.3 Å². The number of anilines is 1. The Balaban J connectivity index is 2.70. The molecule has 0 heterocycles. The zero-order chi connectivity index (χ0) is 14.3. The summed E-state index contributed by atoms with van der Waals surface area (Å²) in [4.78, 5) is 23.1. The van der Waals surface area contributed by atoms with Crippen molar-refractivity contribution in [3.05, 3.63) is 29.8 Å². The first kappa shape index (κ1) is 14.7. The fourth-order valence-corrected chi connectivity index (χ4v) is 1.47. The van der Waals surface area contributed by atoms with Gasteiger partial charge in [-0.2, -0.15) is 5.26 Å². The Labute approximate surface area is 112 Å². The molecule has 0 aliphatic heterocycles. The third-order valence-corrected chi connectivity index (χ3v) is 2.54. The molecule has 0 aliphatic carbocycles. The van der Waals surface area contributed by atoms with E-state index in [4.69, 9.17) is 10.00 Å². The van der Waals surface area contributed by atoms with E-state index in [1.54, 1.807) is 38.1 Å². The van der Waals surface area contributed by atoms with E-state index in [1.165, 1.54) is 0 Å². The maximum atomic E-state index is 11.7. The van der Waals surface area contributed by atoms with Gasteiger partial charge in [-0.25, -0.2) is 4.79 Å². The van der Waals surface area contributed by atoms with Crippen LogP contribution in [0, 0.1) is 17.2 Å². The van der Waals surface area contributed by atoms with Gasteiger partial charge in [0.1, 0.15) is 5.92 Å². The number of ether oxygens (including phenoxy) is 1. The van der Waals surface area contributed by atoms with Gasteiger partial charge >= 0.3 is 5.97 Å². The molecule has 0 aromatic heterocycles. The molecule has 1 atom stereocenters. The summed E-state index contributed by atoms with van der Waals surface area (Å²) in [6.07, 6.45) is 0.462. The van der Waals surface area contributed by atoms with Gasteiger partial charge in [-0.05, 0) is 37.6 Å². The summed E-state index contributed by atoms with van der Waals surface area (Å²) in [7, 11) is 0. The molecule has 1 amide bonds. The summed E-state index contributed by atoms with van der Waals surface area (Å²) in [6, 6.07) is 8.28. The topological polar surface area (TPSA) is 79.2 Å². The second-order valence-corrected chi connectivity index (χ2v) is 3.88. The molecule has 0 saturated heterocycles. The molecule has 19 heavy (non-hydrogen) atoms. The van der Waals surface area contributed by atoms with Crippen LogP contribution in [0.5, 0.6) is 0 Å². The highest BCUT2D eigenvalue weighted by Crippen LogP contribution is 2.12. The molecule has 0 saturated carbocycles. The fourth-order valence-electron chi connectivity index (χ4n) is 1.47. The molecule has 1 N–H and O–H groups in total. The lowest BCUT2D eigenvalue weighted by molar-refractivity contribution is -0.118. The van der Waals surface area contributed by atoms with Gasteiger partial charge in [0.15, 0.2) is 0 Å². The smallest absolute Gasteiger partial charge is 0.338 e. The SMILES string of the molecule is CCOC(=O)c1ccc(NC(=O)C(C#N)CC)cc1. The van der Waals surface area contributed by atoms with Crippen LogP contribution in [0.1, 0.15) is 30.6 Å². The predicted octanol–water partition coefficient (Wildman–Crippen LogP) is 2.35. The third-order valence-electron chi connectivity index (χ3n) is 2.54. The molecule has 1 aromatic rings. The lowest BCUT2D eigenvalue weighted by atomic mass is 10.1. The summed E-state index contributed by atoms with van der Waals surface area (Å²) in [5, 5.41) is 11.4. The minimum absolute atomic E-state index is 0.317. The first-order valence-electron chi connectivity index (χ1n) is 6.10. The van der Waals surface area contributed by atoms with Crippen molar-refractivity contribution in [1.82, 2.24) is 0 Å². The van der Waals surface area contributed by atoms with Crippen LogP contribution in [-0.4, -0.2) is 18.5 Å². The maximum Gasteiger partial charge on any atom is 0.338 e. The first-order chi connectivity index (χ1) is 9.12. The zero-order valence-corrected chi connectivity index (χ0v) is 11.0. The number of nitrogens with one attached hydrogen (secondary N) is 1. The summed E-state index contributed by atoms with van der Waals surface area (Å²) in [5.41, 5.74) is 0.971. The Morgan fingerprint density at radius 2 is 1.95 bits per heavy atom. The Morgan fingerprint density at radius 1 is 1.32 bits per heavy atom. The van der Waals surface area contributed by atoms with Crippen LogP contribution in [0.3, 0.4) is 0 Å². The van der Waals surface area contributed by atoms with Gasteiger partial charge in [-0.15, -0.1) is 0 Å². The van der Waals surface area contributed by atoms with E-state index in [9.17, 15) is 9.59 Å². The monoisotopic (exact) mass is 260 g/mol. The minimum Gasteiger partial charge on any atom is -0.462 e. The van der Waals surface area contributed by atoms with Crippen LogP contribution in [-0.2, 0) is 9.53 Å². The molecule has 0 fully saturated rings. The molecule has 5 nitrogen and oxygen atoms in total. The molecule has 1 unspecified atom stereocenters. The third kappa shape index (κ3) is 4.11. The van der Waals surface area contributed by atoms with Crippen molar-refractivity contribution < 1.29 is 14.3 Å². The summed E-state index contributed by atoms with van der Waals surface area (Å²) in [5.74, 6) is -1.40. The Morgan fingerprint density at radius 3 is 2.42 bits per heavy atom. The molecule has 5 heteroatoms. The fraction of sp³-hybridized carbons (Fsp3) is 0.357. The van der Waals surface area contributed by atoms with Crippen molar-refractivity contribution in [3.63, 3.8) is 0 Å². The highest BCUT2D eigenvalue weighted by atomic mass is 16.5. The molecule has 0 bridgehead atoms. The number of hydrogen-bond donors (Lipinski definition) is 1. The van der Waals surface area contributed by atoms with Crippen molar-refractivity contribution in [2.75, 3.05) is 11.9 Å². The molecule has 1 rings (SSSR count). The number of carbonyl (C=O) groups excluding carboxylic acids is 2. The van der Waals surface area contributed by atoms with Crippen LogP contribution >= 0.6 is 0 Å². The van der Waals surface area contributed by atoms with Gasteiger partial charge < -0.3 is 10.1 Å². The predicted molar refractivity (Wildman–Crippen MR) is 70.4 cm³/mol. The lowest BCUT2D eigenvalue weighted by Gasteiger charge is -2.08. The van der Waals surface area contributed by atoms with Crippen molar-refractivity contribution in [1.29, 1.82) is 5.26 Å². The second kappa shape index (κ2) is 7.17. The molecular formula is C14H16N2O3. The van der Waals surface area contributed by atoms with Crippen molar-refractivity contribution in [2.24, 2.45) is 5.92 Å². The van der Waals surface area contributed by atoms with Gasteiger partial charge in [0.2, 0.25) is 5.91 Å². The van der Waals surface area contributed by atoms with E-state index in [0.717, 1.165) is 0 Å². The molecule has 0 aliphatic rings. The normalized spacial score (nSPS) is 11.2. The minimum atomic E-state index is -0.662. The number of benzene rings is 1. The molecule has 0 spiro atoms. The number of nitrogens with zero attached hydrogens (tertiary/aromatic N) is 1. The van der Waals surface area contributed by atoms with E-state index in [-0.39, 0.29) is 5.91 Å². The maximum absolute atomic E-state index is 11.7. The Hall–Kier alpha value is -2.35. The van der Waals surface area contributed by atoms with E-state index < -0.39 is 11.9 Å². The molecule has 100 valence electrons. The Bertz CT molecular complexity index is 488. The zero-order valence-electron chi connectivity index (χ0n) is 11.0. The van der Waals surface area contributed by atoms with E-state index in [1.807, 2.05) is 6.07 Å². The van der Waals surface area contributed by atoms with Crippen LogP contribution in [0.4, 0.5) is 5.69 Å². The number of nitriles is 1. The average Bonchev–Trinajstić information content (AvgIpc) is 2.41. The van der Waals surface area contributed by atoms with Crippen LogP contribution in [0.25, 0.3) is 0 Å². The quantitative estimate of drug-likeness (QED) is 0.824. The van der Waals surface area contributed by atoms with Gasteiger partial charge in [0, 0.05) is 5.69 Å². The summed E-state index contributed by atoms with van der Waals surface area (Å²) < 4.78 is 4.85. The number of esters is 1. The number of amides is 1. The van der Waals surface area contributed by atoms with Gasteiger partial charge in [-0.3, -0.25) is 4.79 Å². The largest absolute Gasteiger partial charge is 0.462 e. The van der Waals surface area contributed by atoms with Gasteiger partial charge in [-0.1, -0.05) is 6.92 Å². The van der Waals surface area contributed by atoms with E-state index >= 15 is 0 Å². The van der Waals surface area contributed by atoms with Crippen molar-refractivity contribution in [3.8, 4) is 6.07 Å². The summed E-state index contributed by atoms with van der Waals surface area (Å²) >= 11 is 0. The number of rotatable bonds is 5. The average molecular weight is 260 g/mol.